The first-order valence-electron chi connectivity index (χ1n) is 5.39. The fraction of sp³-hybridized carbons (Fsp3) is 0.214. The van der Waals surface area contributed by atoms with Gasteiger partial charge in [0, 0.05) is 16.9 Å². The number of hydrogen-bond donors (Lipinski definition) is 1. The molecule has 17 heavy (non-hydrogen) atoms. The van der Waals surface area contributed by atoms with Gasteiger partial charge in [0.25, 0.3) is 0 Å². The van der Waals surface area contributed by atoms with E-state index in [9.17, 15) is 0 Å². The molecule has 1 aromatic heterocycles. The number of aromatic nitrogens is 1. The Labute approximate surface area is 106 Å². The highest BCUT2D eigenvalue weighted by molar-refractivity contribution is 6.30. The standard InChI is InChI=1S/C14H13ClN2/c1-14(2,9-16)11-7-13(17-8-11)10-3-5-12(15)6-4-10/h3-8,17H,1-2H3. The van der Waals surface area contributed by atoms with Crippen LogP contribution in [0.25, 0.3) is 11.3 Å². The zero-order chi connectivity index (χ0) is 12.5. The summed E-state index contributed by atoms with van der Waals surface area (Å²) in [6.45, 7) is 3.81. The summed E-state index contributed by atoms with van der Waals surface area (Å²) in [6, 6.07) is 11.9. The molecule has 2 aromatic rings. The highest BCUT2D eigenvalue weighted by atomic mass is 35.5. The van der Waals surface area contributed by atoms with E-state index >= 15 is 0 Å². The predicted molar refractivity (Wildman–Crippen MR) is 69.9 cm³/mol. The smallest absolute Gasteiger partial charge is 0.0781 e. The van der Waals surface area contributed by atoms with Gasteiger partial charge in [0.2, 0.25) is 0 Å². The lowest BCUT2D eigenvalue weighted by Gasteiger charge is -2.11. The second-order valence-electron chi connectivity index (χ2n) is 4.55. The lowest BCUT2D eigenvalue weighted by molar-refractivity contribution is 0.688. The fourth-order valence-electron chi connectivity index (χ4n) is 1.62. The molecule has 1 N–H and O–H groups in total. The zero-order valence-corrected chi connectivity index (χ0v) is 10.5. The minimum Gasteiger partial charge on any atom is -0.361 e. The van der Waals surface area contributed by atoms with Gasteiger partial charge in [0.1, 0.15) is 0 Å². The summed E-state index contributed by atoms with van der Waals surface area (Å²) in [7, 11) is 0. The lowest BCUT2D eigenvalue weighted by atomic mass is 9.88. The van der Waals surface area contributed by atoms with Crippen molar-refractivity contribution in [3.8, 4) is 17.3 Å². The van der Waals surface area contributed by atoms with E-state index < -0.39 is 5.41 Å². The quantitative estimate of drug-likeness (QED) is 0.848. The number of nitrogens with zero attached hydrogens (tertiary/aromatic N) is 1. The monoisotopic (exact) mass is 244 g/mol. The Morgan fingerprint density at radius 3 is 2.47 bits per heavy atom. The number of hydrogen-bond acceptors (Lipinski definition) is 1. The van der Waals surface area contributed by atoms with Gasteiger partial charge in [-0.2, -0.15) is 5.26 Å². The molecule has 0 unspecified atom stereocenters. The highest BCUT2D eigenvalue weighted by Crippen LogP contribution is 2.27. The summed E-state index contributed by atoms with van der Waals surface area (Å²) in [6.07, 6.45) is 1.88. The molecule has 0 saturated carbocycles. The topological polar surface area (TPSA) is 39.6 Å². The van der Waals surface area contributed by atoms with Crippen LogP contribution in [0.5, 0.6) is 0 Å². The molecule has 0 saturated heterocycles. The van der Waals surface area contributed by atoms with Gasteiger partial charge in [0.15, 0.2) is 0 Å². The molecular formula is C14H13ClN2. The Morgan fingerprint density at radius 2 is 1.88 bits per heavy atom. The van der Waals surface area contributed by atoms with E-state index in [1.807, 2.05) is 50.4 Å². The molecule has 1 heterocycles. The number of aromatic amines is 1. The van der Waals surface area contributed by atoms with E-state index in [1.165, 1.54) is 0 Å². The summed E-state index contributed by atoms with van der Waals surface area (Å²) < 4.78 is 0. The largest absolute Gasteiger partial charge is 0.361 e. The van der Waals surface area contributed by atoms with Crippen LogP contribution in [0.1, 0.15) is 19.4 Å². The van der Waals surface area contributed by atoms with Crippen LogP contribution >= 0.6 is 11.6 Å². The fourth-order valence-corrected chi connectivity index (χ4v) is 1.74. The molecule has 0 atom stereocenters. The molecule has 1 aromatic carbocycles. The van der Waals surface area contributed by atoms with Crippen LogP contribution in [0.2, 0.25) is 5.02 Å². The number of nitriles is 1. The van der Waals surface area contributed by atoms with Crippen LogP contribution in [0.4, 0.5) is 0 Å². The number of halogens is 1. The Kier molecular flexibility index (Phi) is 2.95. The first-order chi connectivity index (χ1) is 8.03. The van der Waals surface area contributed by atoms with Crippen LogP contribution in [0.15, 0.2) is 36.5 Å². The van der Waals surface area contributed by atoms with E-state index in [0.717, 1.165) is 21.8 Å². The predicted octanol–water partition coefficient (Wildman–Crippen LogP) is 4.14. The maximum Gasteiger partial charge on any atom is 0.0781 e. The van der Waals surface area contributed by atoms with E-state index in [4.69, 9.17) is 16.9 Å². The first kappa shape index (κ1) is 11.8. The molecule has 3 heteroatoms. The van der Waals surface area contributed by atoms with Crippen LogP contribution < -0.4 is 0 Å². The molecule has 0 aliphatic heterocycles. The van der Waals surface area contributed by atoms with Crippen molar-refractivity contribution in [1.29, 1.82) is 5.26 Å². The minimum absolute atomic E-state index is 0.471. The summed E-state index contributed by atoms with van der Waals surface area (Å²) in [5.41, 5.74) is 2.58. The van der Waals surface area contributed by atoms with Crippen LogP contribution in [-0.4, -0.2) is 4.98 Å². The number of rotatable bonds is 2. The Morgan fingerprint density at radius 1 is 1.24 bits per heavy atom. The van der Waals surface area contributed by atoms with Crippen molar-refractivity contribution in [2.75, 3.05) is 0 Å². The Hall–Kier alpha value is -1.72. The van der Waals surface area contributed by atoms with E-state index in [2.05, 4.69) is 11.1 Å². The Balaban J connectivity index is 2.37. The lowest BCUT2D eigenvalue weighted by Crippen LogP contribution is -2.12. The zero-order valence-electron chi connectivity index (χ0n) is 9.79. The molecule has 2 rings (SSSR count). The van der Waals surface area contributed by atoms with E-state index in [-0.39, 0.29) is 0 Å². The molecule has 0 aliphatic carbocycles. The van der Waals surface area contributed by atoms with Crippen molar-refractivity contribution in [3.63, 3.8) is 0 Å². The van der Waals surface area contributed by atoms with Gasteiger partial charge in [0.05, 0.1) is 11.5 Å². The average molecular weight is 245 g/mol. The van der Waals surface area contributed by atoms with Crippen LogP contribution in [0.3, 0.4) is 0 Å². The van der Waals surface area contributed by atoms with Gasteiger partial charge in [-0.3, -0.25) is 0 Å². The molecule has 0 radical (unpaired) electrons. The van der Waals surface area contributed by atoms with Crippen molar-refractivity contribution in [1.82, 2.24) is 4.98 Å². The molecule has 0 spiro atoms. The second kappa shape index (κ2) is 4.27. The third kappa shape index (κ3) is 2.35. The number of nitrogens with one attached hydrogen (secondary N) is 1. The summed E-state index contributed by atoms with van der Waals surface area (Å²) in [5.74, 6) is 0. The van der Waals surface area contributed by atoms with Gasteiger partial charge in [-0.25, -0.2) is 0 Å². The maximum atomic E-state index is 9.08. The second-order valence-corrected chi connectivity index (χ2v) is 4.98. The molecular weight excluding hydrogens is 232 g/mol. The minimum atomic E-state index is -0.471. The third-order valence-electron chi connectivity index (χ3n) is 2.84. The normalized spacial score (nSPS) is 11.2. The van der Waals surface area contributed by atoms with Crippen molar-refractivity contribution in [3.05, 3.63) is 47.1 Å². The number of H-pyrrole nitrogens is 1. The summed E-state index contributed by atoms with van der Waals surface area (Å²) in [5, 5.41) is 9.80. The summed E-state index contributed by atoms with van der Waals surface area (Å²) in [4.78, 5) is 3.19. The van der Waals surface area contributed by atoms with Crippen LogP contribution in [0, 0.1) is 11.3 Å². The molecule has 2 nitrogen and oxygen atoms in total. The number of benzene rings is 1. The van der Waals surface area contributed by atoms with Gasteiger partial charge in [-0.15, -0.1) is 0 Å². The highest BCUT2D eigenvalue weighted by Gasteiger charge is 2.21. The molecule has 0 bridgehead atoms. The first-order valence-corrected chi connectivity index (χ1v) is 5.77. The van der Waals surface area contributed by atoms with Gasteiger partial charge in [-0.05, 0) is 43.2 Å². The van der Waals surface area contributed by atoms with E-state index in [1.54, 1.807) is 0 Å². The van der Waals surface area contributed by atoms with Crippen molar-refractivity contribution >= 4 is 11.6 Å². The molecule has 0 fully saturated rings. The van der Waals surface area contributed by atoms with Crippen molar-refractivity contribution in [2.24, 2.45) is 0 Å². The van der Waals surface area contributed by atoms with Gasteiger partial charge < -0.3 is 4.98 Å². The van der Waals surface area contributed by atoms with E-state index in [0.29, 0.717) is 0 Å². The van der Waals surface area contributed by atoms with Crippen LogP contribution in [-0.2, 0) is 5.41 Å². The maximum absolute atomic E-state index is 9.08. The van der Waals surface area contributed by atoms with Gasteiger partial charge >= 0.3 is 0 Å². The average Bonchev–Trinajstić information content (AvgIpc) is 2.80. The molecule has 0 aliphatic rings. The Bertz CT molecular complexity index is 559. The van der Waals surface area contributed by atoms with Crippen molar-refractivity contribution in [2.45, 2.75) is 19.3 Å². The molecule has 86 valence electrons. The third-order valence-corrected chi connectivity index (χ3v) is 3.09. The SMILES string of the molecule is CC(C)(C#N)c1c[nH]c(-c2ccc(Cl)cc2)c1. The molecule has 0 amide bonds. The summed E-state index contributed by atoms with van der Waals surface area (Å²) >= 11 is 5.85. The van der Waals surface area contributed by atoms with Gasteiger partial charge in [-0.1, -0.05) is 23.7 Å². The van der Waals surface area contributed by atoms with Crippen molar-refractivity contribution < 1.29 is 0 Å².